The van der Waals surface area contributed by atoms with Crippen LogP contribution in [0, 0.1) is 0 Å². The standard InChI is InChI=1S/C21H24N2O/c1-3-24-20-11-9-17(10-12-20)6-5-15-23(2)16-19-8-4-7-18-13-14-22-21(18)19/h4-14,22H,3,15-16H2,1-2H3. The summed E-state index contributed by atoms with van der Waals surface area (Å²) in [6.07, 6.45) is 6.35. The van der Waals surface area contributed by atoms with Crippen molar-refractivity contribution >= 4 is 17.0 Å². The monoisotopic (exact) mass is 320 g/mol. The van der Waals surface area contributed by atoms with E-state index in [-0.39, 0.29) is 0 Å². The predicted octanol–water partition coefficient (Wildman–Crippen LogP) is 4.71. The molecule has 1 aromatic heterocycles. The highest BCUT2D eigenvalue weighted by Gasteiger charge is 2.04. The minimum Gasteiger partial charge on any atom is -0.494 e. The second-order valence-electron chi connectivity index (χ2n) is 5.96. The van der Waals surface area contributed by atoms with Crippen molar-refractivity contribution in [3.8, 4) is 5.75 Å². The van der Waals surface area contributed by atoms with Gasteiger partial charge in [0.25, 0.3) is 0 Å². The number of aromatic amines is 1. The third kappa shape index (κ3) is 4.06. The number of H-pyrrole nitrogens is 1. The molecule has 2 aromatic carbocycles. The summed E-state index contributed by atoms with van der Waals surface area (Å²) in [5.74, 6) is 0.922. The lowest BCUT2D eigenvalue weighted by atomic mass is 10.1. The molecule has 0 unspecified atom stereocenters. The van der Waals surface area contributed by atoms with Gasteiger partial charge in [0, 0.05) is 24.8 Å². The minimum absolute atomic E-state index is 0.702. The van der Waals surface area contributed by atoms with Crippen LogP contribution in [0.1, 0.15) is 18.1 Å². The van der Waals surface area contributed by atoms with E-state index < -0.39 is 0 Å². The lowest BCUT2D eigenvalue weighted by Crippen LogP contribution is -2.17. The second kappa shape index (κ2) is 7.84. The Morgan fingerprint density at radius 3 is 2.71 bits per heavy atom. The third-order valence-electron chi connectivity index (χ3n) is 4.03. The molecule has 1 heterocycles. The van der Waals surface area contributed by atoms with Gasteiger partial charge in [0.15, 0.2) is 0 Å². The molecule has 3 nitrogen and oxygen atoms in total. The van der Waals surface area contributed by atoms with Crippen LogP contribution >= 0.6 is 0 Å². The summed E-state index contributed by atoms with van der Waals surface area (Å²) in [6, 6.07) is 16.8. The number of fused-ring (bicyclic) bond motifs is 1. The molecule has 1 N–H and O–H groups in total. The molecule has 0 spiro atoms. The van der Waals surface area contributed by atoms with Crippen LogP contribution in [0.4, 0.5) is 0 Å². The second-order valence-corrected chi connectivity index (χ2v) is 5.96. The molecule has 24 heavy (non-hydrogen) atoms. The van der Waals surface area contributed by atoms with Crippen LogP contribution in [0.25, 0.3) is 17.0 Å². The molecule has 124 valence electrons. The van der Waals surface area contributed by atoms with Crippen LogP contribution in [0.3, 0.4) is 0 Å². The average molecular weight is 320 g/mol. The van der Waals surface area contributed by atoms with Gasteiger partial charge in [0.2, 0.25) is 0 Å². The van der Waals surface area contributed by atoms with E-state index in [1.165, 1.54) is 22.0 Å². The number of para-hydroxylation sites is 1. The van der Waals surface area contributed by atoms with Crippen LogP contribution in [-0.4, -0.2) is 30.1 Å². The van der Waals surface area contributed by atoms with Crippen molar-refractivity contribution < 1.29 is 4.74 Å². The number of hydrogen-bond acceptors (Lipinski definition) is 2. The Balaban J connectivity index is 1.57. The lowest BCUT2D eigenvalue weighted by molar-refractivity contribution is 0.340. The van der Waals surface area contributed by atoms with Crippen LogP contribution in [0.2, 0.25) is 0 Å². The van der Waals surface area contributed by atoms with E-state index in [1.807, 2.05) is 25.3 Å². The molecule has 0 radical (unpaired) electrons. The molecular weight excluding hydrogens is 296 g/mol. The van der Waals surface area contributed by atoms with E-state index in [4.69, 9.17) is 4.74 Å². The molecule has 0 aliphatic heterocycles. The average Bonchev–Trinajstić information content (AvgIpc) is 3.06. The highest BCUT2D eigenvalue weighted by molar-refractivity contribution is 5.82. The summed E-state index contributed by atoms with van der Waals surface area (Å²) >= 11 is 0. The van der Waals surface area contributed by atoms with Gasteiger partial charge >= 0.3 is 0 Å². The fraction of sp³-hybridized carbons (Fsp3) is 0.238. The normalized spacial score (nSPS) is 11.6. The number of hydrogen-bond donors (Lipinski definition) is 1. The van der Waals surface area contributed by atoms with Crippen molar-refractivity contribution in [1.82, 2.24) is 9.88 Å². The quantitative estimate of drug-likeness (QED) is 0.683. The van der Waals surface area contributed by atoms with Crippen molar-refractivity contribution in [3.05, 3.63) is 71.9 Å². The maximum atomic E-state index is 5.46. The predicted molar refractivity (Wildman–Crippen MR) is 101 cm³/mol. The number of nitrogens with zero attached hydrogens (tertiary/aromatic N) is 1. The lowest BCUT2D eigenvalue weighted by Gasteiger charge is -2.15. The van der Waals surface area contributed by atoms with Gasteiger partial charge in [0.1, 0.15) is 5.75 Å². The zero-order valence-corrected chi connectivity index (χ0v) is 14.3. The number of ether oxygens (including phenoxy) is 1. The van der Waals surface area contributed by atoms with E-state index in [0.717, 1.165) is 18.8 Å². The summed E-state index contributed by atoms with van der Waals surface area (Å²) in [5, 5.41) is 1.27. The number of likely N-dealkylation sites (N-methyl/N-ethyl adjacent to an activating group) is 1. The van der Waals surface area contributed by atoms with Crippen molar-refractivity contribution in [2.45, 2.75) is 13.5 Å². The first kappa shape index (κ1) is 16.3. The minimum atomic E-state index is 0.702. The van der Waals surface area contributed by atoms with E-state index in [0.29, 0.717) is 6.61 Å². The Bertz CT molecular complexity index is 802. The summed E-state index contributed by atoms with van der Waals surface area (Å²) in [5.41, 5.74) is 3.76. The molecule has 0 bridgehead atoms. The summed E-state index contributed by atoms with van der Waals surface area (Å²) in [4.78, 5) is 5.64. The number of rotatable bonds is 7. The van der Waals surface area contributed by atoms with Crippen molar-refractivity contribution in [1.29, 1.82) is 0 Å². The summed E-state index contributed by atoms with van der Waals surface area (Å²) in [6.45, 7) is 4.53. The Hall–Kier alpha value is -2.52. The zero-order valence-electron chi connectivity index (χ0n) is 14.3. The first-order valence-corrected chi connectivity index (χ1v) is 8.39. The van der Waals surface area contributed by atoms with Gasteiger partial charge in [-0.25, -0.2) is 0 Å². The van der Waals surface area contributed by atoms with Crippen LogP contribution < -0.4 is 4.74 Å². The molecule has 0 saturated heterocycles. The van der Waals surface area contributed by atoms with Gasteiger partial charge in [-0.3, -0.25) is 4.90 Å². The van der Waals surface area contributed by atoms with Gasteiger partial charge in [-0.15, -0.1) is 0 Å². The maximum Gasteiger partial charge on any atom is 0.119 e. The first-order valence-electron chi connectivity index (χ1n) is 8.39. The van der Waals surface area contributed by atoms with Crippen LogP contribution in [-0.2, 0) is 6.54 Å². The van der Waals surface area contributed by atoms with E-state index >= 15 is 0 Å². The van der Waals surface area contributed by atoms with Crippen molar-refractivity contribution in [3.63, 3.8) is 0 Å². The molecule has 0 amide bonds. The Morgan fingerprint density at radius 2 is 1.92 bits per heavy atom. The fourth-order valence-electron chi connectivity index (χ4n) is 2.85. The smallest absolute Gasteiger partial charge is 0.119 e. The molecule has 0 fully saturated rings. The van der Waals surface area contributed by atoms with E-state index in [2.05, 4.69) is 65.5 Å². The maximum absolute atomic E-state index is 5.46. The zero-order chi connectivity index (χ0) is 16.8. The van der Waals surface area contributed by atoms with E-state index in [9.17, 15) is 0 Å². The topological polar surface area (TPSA) is 28.3 Å². The number of benzene rings is 2. The highest BCUT2D eigenvalue weighted by atomic mass is 16.5. The first-order chi connectivity index (χ1) is 11.8. The largest absolute Gasteiger partial charge is 0.494 e. The van der Waals surface area contributed by atoms with Crippen molar-refractivity contribution in [2.24, 2.45) is 0 Å². The number of nitrogens with one attached hydrogen (secondary N) is 1. The molecule has 3 heteroatoms. The number of aromatic nitrogens is 1. The van der Waals surface area contributed by atoms with Crippen LogP contribution in [0.5, 0.6) is 5.75 Å². The Labute approximate surface area is 143 Å². The molecule has 0 aliphatic rings. The van der Waals surface area contributed by atoms with Gasteiger partial charge < -0.3 is 9.72 Å². The van der Waals surface area contributed by atoms with E-state index in [1.54, 1.807) is 0 Å². The molecule has 0 atom stereocenters. The fourth-order valence-corrected chi connectivity index (χ4v) is 2.85. The molecule has 0 aliphatic carbocycles. The highest BCUT2D eigenvalue weighted by Crippen LogP contribution is 2.18. The summed E-state index contributed by atoms with van der Waals surface area (Å²) < 4.78 is 5.46. The van der Waals surface area contributed by atoms with Gasteiger partial charge in [-0.2, -0.15) is 0 Å². The third-order valence-corrected chi connectivity index (χ3v) is 4.03. The molecule has 3 rings (SSSR count). The Kier molecular flexibility index (Phi) is 5.34. The molecule has 0 saturated carbocycles. The van der Waals surface area contributed by atoms with Crippen molar-refractivity contribution in [2.75, 3.05) is 20.2 Å². The van der Waals surface area contributed by atoms with Gasteiger partial charge in [-0.05, 0) is 48.7 Å². The van der Waals surface area contributed by atoms with Gasteiger partial charge in [0.05, 0.1) is 6.61 Å². The van der Waals surface area contributed by atoms with Crippen LogP contribution in [0.15, 0.2) is 60.8 Å². The van der Waals surface area contributed by atoms with Gasteiger partial charge in [-0.1, -0.05) is 42.5 Å². The summed E-state index contributed by atoms with van der Waals surface area (Å²) in [7, 11) is 2.14. The SMILES string of the molecule is CCOc1ccc(C=CCN(C)Cc2cccc3cc[nH]c23)cc1. The Morgan fingerprint density at radius 1 is 1.08 bits per heavy atom. The molecule has 3 aromatic rings. The molecular formula is C21H24N2O.